The lowest BCUT2D eigenvalue weighted by Crippen LogP contribution is -2.46. The van der Waals surface area contributed by atoms with Crippen LogP contribution in [-0.2, 0) is 10.0 Å². The van der Waals surface area contributed by atoms with Crippen LogP contribution in [0.4, 0.5) is 11.4 Å². The van der Waals surface area contributed by atoms with Crippen LogP contribution < -0.4 is 9.62 Å². The first-order valence-corrected chi connectivity index (χ1v) is 10.1. The van der Waals surface area contributed by atoms with E-state index in [0.717, 1.165) is 38.4 Å². The number of rotatable bonds is 5. The molecule has 3 rings (SSSR count). The maximum absolute atomic E-state index is 12.5. The molecule has 5 nitrogen and oxygen atoms in total. The molecule has 23 heavy (non-hydrogen) atoms. The minimum absolute atomic E-state index is 0.336. The smallest absolute Gasteiger partial charge is 0.271 e. The molecule has 0 unspecified atom stereocenters. The molecular weight excluding hydrogens is 330 g/mol. The molecule has 7 heteroatoms. The fourth-order valence-corrected chi connectivity index (χ4v) is 4.82. The van der Waals surface area contributed by atoms with Crippen LogP contribution in [0.2, 0.25) is 0 Å². The molecule has 1 aliphatic heterocycles. The number of hydrogen-bond donors (Lipinski definition) is 1. The highest BCUT2D eigenvalue weighted by Crippen LogP contribution is 2.29. The van der Waals surface area contributed by atoms with E-state index in [1.54, 1.807) is 17.5 Å². The van der Waals surface area contributed by atoms with Crippen molar-refractivity contribution in [3.8, 4) is 0 Å². The van der Waals surface area contributed by atoms with Gasteiger partial charge < -0.3 is 9.80 Å². The molecule has 1 fully saturated rings. The molecule has 0 aliphatic carbocycles. The van der Waals surface area contributed by atoms with Gasteiger partial charge in [-0.15, -0.1) is 11.3 Å². The number of nitrogens with zero attached hydrogens (tertiary/aromatic N) is 2. The maximum atomic E-state index is 12.5. The summed E-state index contributed by atoms with van der Waals surface area (Å²) in [5.74, 6) is 0. The molecule has 0 bridgehead atoms. The second-order valence-electron chi connectivity index (χ2n) is 5.48. The van der Waals surface area contributed by atoms with Gasteiger partial charge >= 0.3 is 0 Å². The molecule has 1 N–H and O–H groups in total. The minimum Gasteiger partial charge on any atom is -0.367 e. The molecule has 1 aromatic heterocycles. The van der Waals surface area contributed by atoms with E-state index < -0.39 is 10.0 Å². The van der Waals surface area contributed by atoms with Gasteiger partial charge in [-0.1, -0.05) is 25.1 Å². The molecule has 2 heterocycles. The molecule has 1 aliphatic rings. The fourth-order valence-electron chi connectivity index (χ4n) is 2.75. The van der Waals surface area contributed by atoms with Gasteiger partial charge in [-0.05, 0) is 30.1 Å². The van der Waals surface area contributed by atoms with Gasteiger partial charge in [0.1, 0.15) is 4.21 Å². The maximum Gasteiger partial charge on any atom is 0.271 e. The number of hydrogen-bond acceptors (Lipinski definition) is 5. The third-order valence-electron chi connectivity index (χ3n) is 4.07. The lowest BCUT2D eigenvalue weighted by atomic mass is 10.2. The van der Waals surface area contributed by atoms with Crippen LogP contribution in [0.15, 0.2) is 46.0 Å². The van der Waals surface area contributed by atoms with E-state index in [-0.39, 0.29) is 0 Å². The largest absolute Gasteiger partial charge is 0.367 e. The van der Waals surface area contributed by atoms with Gasteiger partial charge in [0.05, 0.1) is 11.4 Å². The van der Waals surface area contributed by atoms with Gasteiger partial charge in [-0.2, -0.15) is 0 Å². The topological polar surface area (TPSA) is 52.6 Å². The number of piperazine rings is 1. The summed E-state index contributed by atoms with van der Waals surface area (Å²) in [7, 11) is -3.52. The molecule has 0 spiro atoms. The molecular formula is C16H21N3O2S2. The van der Waals surface area contributed by atoms with Gasteiger partial charge in [0, 0.05) is 26.2 Å². The van der Waals surface area contributed by atoms with E-state index in [9.17, 15) is 8.42 Å². The Morgan fingerprint density at radius 3 is 2.48 bits per heavy atom. The SMILES string of the molecule is CCN1CCN(c2ccccc2NS(=O)(=O)c2cccs2)CC1. The Hall–Kier alpha value is -1.57. The summed E-state index contributed by atoms with van der Waals surface area (Å²) in [6.07, 6.45) is 0. The van der Waals surface area contributed by atoms with Crippen LogP contribution in [0.1, 0.15) is 6.92 Å². The second kappa shape index (κ2) is 6.90. The average molecular weight is 351 g/mol. The van der Waals surface area contributed by atoms with Crippen molar-refractivity contribution in [1.29, 1.82) is 0 Å². The van der Waals surface area contributed by atoms with Crippen molar-refractivity contribution in [2.75, 3.05) is 42.3 Å². The minimum atomic E-state index is -3.52. The highest BCUT2D eigenvalue weighted by molar-refractivity contribution is 7.94. The van der Waals surface area contributed by atoms with Gasteiger partial charge in [0.2, 0.25) is 0 Å². The van der Waals surface area contributed by atoms with Crippen molar-refractivity contribution in [2.24, 2.45) is 0 Å². The summed E-state index contributed by atoms with van der Waals surface area (Å²) < 4.78 is 28.0. The first-order chi connectivity index (χ1) is 11.1. The third kappa shape index (κ3) is 3.68. The van der Waals surface area contributed by atoms with Crippen LogP contribution in [0, 0.1) is 0 Å². The standard InChI is InChI=1S/C16H21N3O2S2/c1-2-18-9-11-19(12-10-18)15-7-4-3-6-14(15)17-23(20,21)16-8-5-13-22-16/h3-8,13,17H,2,9-12H2,1H3. The van der Waals surface area contributed by atoms with E-state index in [1.807, 2.05) is 24.3 Å². The van der Waals surface area contributed by atoms with Crippen LogP contribution in [0.3, 0.4) is 0 Å². The quantitative estimate of drug-likeness (QED) is 0.900. The number of thiophene rings is 1. The highest BCUT2D eigenvalue weighted by Gasteiger charge is 2.21. The number of likely N-dealkylation sites (N-methyl/N-ethyl adjacent to an activating group) is 1. The summed E-state index contributed by atoms with van der Waals surface area (Å²) in [6, 6.07) is 11.0. The molecule has 0 saturated carbocycles. The molecule has 1 aromatic carbocycles. The van der Waals surface area contributed by atoms with E-state index in [4.69, 9.17) is 0 Å². The summed E-state index contributed by atoms with van der Waals surface area (Å²) in [5.41, 5.74) is 1.59. The van der Waals surface area contributed by atoms with E-state index in [1.165, 1.54) is 11.3 Å². The van der Waals surface area contributed by atoms with Gasteiger partial charge in [-0.3, -0.25) is 4.72 Å². The Morgan fingerprint density at radius 1 is 1.09 bits per heavy atom. The first-order valence-electron chi connectivity index (χ1n) is 7.73. The van der Waals surface area contributed by atoms with E-state index in [2.05, 4.69) is 21.4 Å². The second-order valence-corrected chi connectivity index (χ2v) is 8.33. The van der Waals surface area contributed by atoms with E-state index in [0.29, 0.717) is 9.90 Å². The molecule has 0 amide bonds. The van der Waals surface area contributed by atoms with Crippen molar-refractivity contribution in [1.82, 2.24) is 4.90 Å². The van der Waals surface area contributed by atoms with Crippen LogP contribution in [0.5, 0.6) is 0 Å². The first kappa shape index (κ1) is 16.3. The Labute approximate surface area is 141 Å². The number of anilines is 2. The van der Waals surface area contributed by atoms with Gasteiger partial charge in [0.15, 0.2) is 0 Å². The number of sulfonamides is 1. The van der Waals surface area contributed by atoms with Crippen molar-refractivity contribution < 1.29 is 8.42 Å². The molecule has 0 atom stereocenters. The number of para-hydroxylation sites is 2. The monoisotopic (exact) mass is 351 g/mol. The zero-order valence-electron chi connectivity index (χ0n) is 13.1. The number of nitrogens with one attached hydrogen (secondary N) is 1. The Morgan fingerprint density at radius 2 is 1.83 bits per heavy atom. The summed E-state index contributed by atoms with van der Waals surface area (Å²) >= 11 is 1.22. The Bertz CT molecular complexity index is 736. The van der Waals surface area contributed by atoms with Gasteiger partial charge in [0.25, 0.3) is 10.0 Å². The normalized spacial score (nSPS) is 16.5. The van der Waals surface area contributed by atoms with Crippen LogP contribution >= 0.6 is 11.3 Å². The third-order valence-corrected chi connectivity index (χ3v) is 6.83. The van der Waals surface area contributed by atoms with E-state index >= 15 is 0 Å². The summed E-state index contributed by atoms with van der Waals surface area (Å²) in [5, 5.41) is 1.77. The van der Waals surface area contributed by atoms with Crippen molar-refractivity contribution in [3.63, 3.8) is 0 Å². The zero-order valence-corrected chi connectivity index (χ0v) is 14.7. The number of benzene rings is 1. The fraction of sp³-hybridized carbons (Fsp3) is 0.375. The predicted molar refractivity (Wildman–Crippen MR) is 95.9 cm³/mol. The lowest BCUT2D eigenvalue weighted by molar-refractivity contribution is 0.271. The van der Waals surface area contributed by atoms with Crippen molar-refractivity contribution >= 4 is 32.7 Å². The lowest BCUT2D eigenvalue weighted by Gasteiger charge is -2.36. The summed E-state index contributed by atoms with van der Waals surface area (Å²) in [4.78, 5) is 4.65. The zero-order chi connectivity index (χ0) is 16.3. The average Bonchev–Trinajstić information content (AvgIpc) is 3.11. The predicted octanol–water partition coefficient (Wildman–Crippen LogP) is 2.69. The molecule has 0 radical (unpaired) electrons. The highest BCUT2D eigenvalue weighted by atomic mass is 32.2. The van der Waals surface area contributed by atoms with Crippen molar-refractivity contribution in [3.05, 3.63) is 41.8 Å². The molecule has 1 saturated heterocycles. The Balaban J connectivity index is 1.82. The van der Waals surface area contributed by atoms with Gasteiger partial charge in [-0.25, -0.2) is 8.42 Å². The summed E-state index contributed by atoms with van der Waals surface area (Å²) in [6.45, 7) is 7.04. The van der Waals surface area contributed by atoms with Crippen molar-refractivity contribution in [2.45, 2.75) is 11.1 Å². The molecule has 124 valence electrons. The molecule has 2 aromatic rings. The van der Waals surface area contributed by atoms with Crippen LogP contribution in [-0.4, -0.2) is 46.0 Å². The Kier molecular flexibility index (Phi) is 4.89. The van der Waals surface area contributed by atoms with Crippen LogP contribution in [0.25, 0.3) is 0 Å².